The predicted molar refractivity (Wildman–Crippen MR) is 58.1 cm³/mol. The van der Waals surface area contributed by atoms with Crippen molar-refractivity contribution in [3.05, 3.63) is 29.8 Å². The van der Waals surface area contributed by atoms with Crippen LogP contribution < -0.4 is 11.5 Å². The van der Waals surface area contributed by atoms with E-state index in [4.69, 9.17) is 15.9 Å². The number of carbonyl (C=O) groups excluding carboxylic acids is 1. The molecule has 0 spiro atoms. The normalized spacial score (nSPS) is 10.7. The Morgan fingerprint density at radius 1 is 1.33 bits per heavy atom. The molecule has 0 aliphatic rings. The second kappa shape index (κ2) is 3.65. The van der Waals surface area contributed by atoms with Gasteiger partial charge < -0.3 is 15.9 Å². The third kappa shape index (κ3) is 2.10. The number of hydrogen-bond donors (Lipinski definition) is 2. The van der Waals surface area contributed by atoms with Gasteiger partial charge in [0.15, 0.2) is 5.88 Å². The number of carbonyl (C=O) groups is 1. The van der Waals surface area contributed by atoms with Crippen molar-refractivity contribution in [3.8, 4) is 0 Å². The Morgan fingerprint density at radius 2 is 2.13 bits per heavy atom. The molecule has 2 rings (SSSR count). The van der Waals surface area contributed by atoms with Gasteiger partial charge in [-0.15, -0.1) is 0 Å². The second-order valence-electron chi connectivity index (χ2n) is 3.49. The van der Waals surface area contributed by atoms with Crippen molar-refractivity contribution in [3.63, 3.8) is 0 Å². The van der Waals surface area contributed by atoms with Gasteiger partial charge in [0.05, 0.1) is 0 Å². The minimum Gasteiger partial charge on any atom is -0.441 e. The van der Waals surface area contributed by atoms with Gasteiger partial charge in [-0.2, -0.15) is 0 Å². The molecule has 4 nitrogen and oxygen atoms in total. The molecule has 1 heterocycles. The minimum absolute atomic E-state index is 0.290. The van der Waals surface area contributed by atoms with Crippen LogP contribution in [0, 0.1) is 0 Å². The lowest BCUT2D eigenvalue weighted by Gasteiger charge is -1.98. The van der Waals surface area contributed by atoms with Crippen molar-refractivity contribution >= 4 is 22.8 Å². The van der Waals surface area contributed by atoms with Crippen molar-refractivity contribution in [1.29, 1.82) is 0 Å². The Kier molecular flexibility index (Phi) is 2.33. The molecule has 1 aromatic heterocycles. The number of benzene rings is 1. The van der Waals surface area contributed by atoms with Crippen LogP contribution in [0.4, 0.5) is 5.88 Å². The third-order valence-electron chi connectivity index (χ3n) is 2.26. The number of nitrogen functional groups attached to an aromatic ring is 1. The van der Waals surface area contributed by atoms with Gasteiger partial charge in [-0.1, -0.05) is 6.07 Å². The number of anilines is 1. The molecule has 15 heavy (non-hydrogen) atoms. The van der Waals surface area contributed by atoms with Gasteiger partial charge in [-0.3, -0.25) is 4.79 Å². The van der Waals surface area contributed by atoms with E-state index in [-0.39, 0.29) is 5.91 Å². The number of rotatable bonds is 3. The lowest BCUT2D eigenvalue weighted by Crippen LogP contribution is -2.11. The summed E-state index contributed by atoms with van der Waals surface area (Å²) in [6.07, 6.45) is 1.01. The fraction of sp³-hybridized carbons (Fsp3) is 0.182. The minimum atomic E-state index is -0.290. The number of nitrogens with two attached hydrogens (primary N) is 2. The van der Waals surface area contributed by atoms with E-state index in [2.05, 4.69) is 0 Å². The van der Waals surface area contributed by atoms with E-state index < -0.39 is 0 Å². The number of aryl methyl sites for hydroxylation is 1. The third-order valence-corrected chi connectivity index (χ3v) is 2.26. The summed E-state index contributed by atoms with van der Waals surface area (Å²) in [5.41, 5.74) is 12.4. The Bertz CT molecular complexity index is 502. The maximum Gasteiger partial charge on any atom is 0.217 e. The lowest BCUT2D eigenvalue weighted by molar-refractivity contribution is -0.117. The Hall–Kier alpha value is -1.97. The molecular formula is C11H12N2O2. The molecule has 0 unspecified atom stereocenters. The quantitative estimate of drug-likeness (QED) is 0.793. The fourth-order valence-electron chi connectivity index (χ4n) is 1.54. The van der Waals surface area contributed by atoms with Crippen LogP contribution in [0.3, 0.4) is 0 Å². The highest BCUT2D eigenvalue weighted by atomic mass is 16.3. The van der Waals surface area contributed by atoms with Crippen LogP contribution in [-0.2, 0) is 11.2 Å². The van der Waals surface area contributed by atoms with E-state index in [9.17, 15) is 4.79 Å². The van der Waals surface area contributed by atoms with Gasteiger partial charge in [0.1, 0.15) is 5.58 Å². The van der Waals surface area contributed by atoms with Crippen molar-refractivity contribution in [2.75, 3.05) is 5.73 Å². The summed E-state index contributed by atoms with van der Waals surface area (Å²) in [6, 6.07) is 7.48. The summed E-state index contributed by atoms with van der Waals surface area (Å²) in [7, 11) is 0. The molecule has 1 aromatic carbocycles. The Balaban J connectivity index is 2.26. The molecule has 0 atom stereocenters. The first-order valence-corrected chi connectivity index (χ1v) is 4.71. The molecule has 0 saturated carbocycles. The smallest absolute Gasteiger partial charge is 0.217 e. The van der Waals surface area contributed by atoms with E-state index in [0.717, 1.165) is 16.5 Å². The molecular weight excluding hydrogens is 192 g/mol. The molecule has 2 aromatic rings. The number of fused-ring (bicyclic) bond motifs is 1. The molecule has 4 N–H and O–H groups in total. The molecule has 78 valence electrons. The van der Waals surface area contributed by atoms with Gasteiger partial charge in [-0.05, 0) is 24.1 Å². The van der Waals surface area contributed by atoms with E-state index in [1.165, 1.54) is 0 Å². The zero-order chi connectivity index (χ0) is 10.8. The highest BCUT2D eigenvalue weighted by molar-refractivity contribution is 5.81. The van der Waals surface area contributed by atoms with Crippen LogP contribution >= 0.6 is 0 Å². The summed E-state index contributed by atoms with van der Waals surface area (Å²) >= 11 is 0. The highest BCUT2D eigenvalue weighted by Crippen LogP contribution is 2.22. The van der Waals surface area contributed by atoms with Crippen LogP contribution in [0.15, 0.2) is 28.7 Å². The molecule has 0 aliphatic carbocycles. The monoisotopic (exact) mass is 204 g/mol. The summed E-state index contributed by atoms with van der Waals surface area (Å²) in [5, 5.41) is 0.953. The first-order valence-electron chi connectivity index (χ1n) is 4.71. The average Bonchev–Trinajstić information content (AvgIpc) is 2.53. The van der Waals surface area contributed by atoms with Gasteiger partial charge in [0.25, 0.3) is 0 Å². The standard InChI is InChI=1S/C11H12N2O2/c12-10(14)4-2-7-1-3-9-8(5-7)6-11(13)15-9/h1,3,5-6H,2,4,13H2,(H2,12,14). The highest BCUT2D eigenvalue weighted by Gasteiger charge is 2.03. The van der Waals surface area contributed by atoms with Gasteiger partial charge in [0.2, 0.25) is 5.91 Å². The lowest BCUT2D eigenvalue weighted by atomic mass is 10.1. The average molecular weight is 204 g/mol. The summed E-state index contributed by atoms with van der Waals surface area (Å²) in [4.78, 5) is 10.6. The number of primary amides is 1. The molecule has 1 amide bonds. The second-order valence-corrected chi connectivity index (χ2v) is 3.49. The van der Waals surface area contributed by atoms with Crippen LogP contribution in [-0.4, -0.2) is 5.91 Å². The Labute approximate surface area is 86.8 Å². The van der Waals surface area contributed by atoms with Crippen molar-refractivity contribution in [2.45, 2.75) is 12.8 Å². The van der Waals surface area contributed by atoms with Crippen LogP contribution in [0.5, 0.6) is 0 Å². The fourth-order valence-corrected chi connectivity index (χ4v) is 1.54. The topological polar surface area (TPSA) is 82.2 Å². The maximum atomic E-state index is 10.6. The molecule has 0 bridgehead atoms. The molecule has 0 saturated heterocycles. The van der Waals surface area contributed by atoms with Crippen molar-refractivity contribution in [2.24, 2.45) is 5.73 Å². The van der Waals surface area contributed by atoms with Crippen molar-refractivity contribution < 1.29 is 9.21 Å². The van der Waals surface area contributed by atoms with Crippen LogP contribution in [0.2, 0.25) is 0 Å². The van der Waals surface area contributed by atoms with Crippen LogP contribution in [0.25, 0.3) is 11.0 Å². The summed E-state index contributed by atoms with van der Waals surface area (Å²) in [6.45, 7) is 0. The summed E-state index contributed by atoms with van der Waals surface area (Å²) in [5.74, 6) is 0.110. The van der Waals surface area contributed by atoms with Crippen molar-refractivity contribution in [1.82, 2.24) is 0 Å². The largest absolute Gasteiger partial charge is 0.441 e. The Morgan fingerprint density at radius 3 is 2.87 bits per heavy atom. The van der Waals surface area contributed by atoms with E-state index in [1.807, 2.05) is 18.2 Å². The molecule has 0 radical (unpaired) electrons. The summed E-state index contributed by atoms with van der Waals surface area (Å²) < 4.78 is 5.23. The number of furan rings is 1. The first kappa shape index (κ1) is 9.58. The van der Waals surface area contributed by atoms with Crippen LogP contribution in [0.1, 0.15) is 12.0 Å². The predicted octanol–water partition coefficient (Wildman–Crippen LogP) is 1.43. The number of hydrogen-bond acceptors (Lipinski definition) is 3. The zero-order valence-electron chi connectivity index (χ0n) is 8.19. The van der Waals surface area contributed by atoms with E-state index in [0.29, 0.717) is 18.7 Å². The van der Waals surface area contributed by atoms with Gasteiger partial charge in [-0.25, -0.2) is 0 Å². The molecule has 4 heteroatoms. The zero-order valence-corrected chi connectivity index (χ0v) is 8.19. The molecule has 0 aliphatic heterocycles. The SMILES string of the molecule is NC(=O)CCc1ccc2oc(N)cc2c1. The molecule has 0 fully saturated rings. The first-order chi connectivity index (χ1) is 7.15. The van der Waals surface area contributed by atoms with Gasteiger partial charge in [0, 0.05) is 17.9 Å². The number of amides is 1. The maximum absolute atomic E-state index is 10.6. The van der Waals surface area contributed by atoms with E-state index in [1.54, 1.807) is 6.07 Å². The van der Waals surface area contributed by atoms with E-state index >= 15 is 0 Å². The van der Waals surface area contributed by atoms with Gasteiger partial charge >= 0.3 is 0 Å².